The lowest BCUT2D eigenvalue weighted by Gasteiger charge is -2.11. The highest BCUT2D eigenvalue weighted by Gasteiger charge is 2.33. The van der Waals surface area contributed by atoms with E-state index in [-0.39, 0.29) is 5.88 Å². The first-order chi connectivity index (χ1) is 9.25. The predicted molar refractivity (Wildman–Crippen MR) is 70.4 cm³/mol. The third-order valence-electron chi connectivity index (χ3n) is 2.36. The molecule has 20 heavy (non-hydrogen) atoms. The van der Waals surface area contributed by atoms with Crippen molar-refractivity contribution in [1.82, 2.24) is 9.97 Å². The molecule has 0 aliphatic rings. The van der Waals surface area contributed by atoms with Gasteiger partial charge in [-0.3, -0.25) is 0 Å². The zero-order valence-electron chi connectivity index (χ0n) is 10.2. The van der Waals surface area contributed by atoms with Crippen LogP contribution in [0.4, 0.5) is 19.1 Å². The fourth-order valence-corrected chi connectivity index (χ4v) is 1.96. The number of halogens is 4. The van der Waals surface area contributed by atoms with Crippen molar-refractivity contribution in [2.75, 3.05) is 5.73 Å². The number of aromatic nitrogens is 2. The van der Waals surface area contributed by atoms with Gasteiger partial charge in [-0.25, -0.2) is 4.98 Å². The largest absolute Gasteiger partial charge is 0.439 e. The molecule has 0 fully saturated rings. The van der Waals surface area contributed by atoms with Gasteiger partial charge in [0, 0.05) is 10.5 Å². The maximum Gasteiger partial charge on any atom is 0.433 e. The molecule has 0 unspecified atom stereocenters. The van der Waals surface area contributed by atoms with Crippen molar-refractivity contribution in [3.63, 3.8) is 0 Å². The van der Waals surface area contributed by atoms with Gasteiger partial charge in [-0.05, 0) is 30.7 Å². The topological polar surface area (TPSA) is 61.0 Å². The Morgan fingerprint density at radius 1 is 1.20 bits per heavy atom. The van der Waals surface area contributed by atoms with Crippen LogP contribution in [0, 0.1) is 6.92 Å². The molecule has 0 atom stereocenters. The Bertz CT molecular complexity index is 646. The number of rotatable bonds is 2. The van der Waals surface area contributed by atoms with E-state index in [4.69, 9.17) is 10.5 Å². The van der Waals surface area contributed by atoms with E-state index in [9.17, 15) is 13.2 Å². The van der Waals surface area contributed by atoms with Crippen LogP contribution in [0.5, 0.6) is 11.6 Å². The van der Waals surface area contributed by atoms with Crippen LogP contribution in [0.15, 0.2) is 28.7 Å². The molecule has 106 valence electrons. The first-order valence-electron chi connectivity index (χ1n) is 5.41. The number of nitrogens with zero attached hydrogens (tertiary/aromatic N) is 2. The van der Waals surface area contributed by atoms with E-state index in [1.807, 2.05) is 0 Å². The Kier molecular flexibility index (Phi) is 3.85. The molecule has 1 heterocycles. The van der Waals surface area contributed by atoms with Crippen molar-refractivity contribution in [2.45, 2.75) is 13.1 Å². The van der Waals surface area contributed by atoms with Crippen LogP contribution in [0.1, 0.15) is 11.3 Å². The summed E-state index contributed by atoms with van der Waals surface area (Å²) in [5.41, 5.74) is 4.86. The van der Waals surface area contributed by atoms with Crippen molar-refractivity contribution >= 4 is 21.9 Å². The van der Waals surface area contributed by atoms with Gasteiger partial charge in [0.05, 0.1) is 0 Å². The third-order valence-corrected chi connectivity index (χ3v) is 2.86. The second kappa shape index (κ2) is 5.28. The Hall–Kier alpha value is -1.83. The maximum absolute atomic E-state index is 12.6. The Labute approximate surface area is 120 Å². The Morgan fingerprint density at radius 2 is 1.90 bits per heavy atom. The highest BCUT2D eigenvalue weighted by molar-refractivity contribution is 9.10. The van der Waals surface area contributed by atoms with Crippen LogP contribution in [-0.2, 0) is 6.18 Å². The minimum Gasteiger partial charge on any atom is -0.439 e. The molecule has 2 N–H and O–H groups in total. The number of anilines is 1. The van der Waals surface area contributed by atoms with Crippen molar-refractivity contribution in [2.24, 2.45) is 0 Å². The van der Waals surface area contributed by atoms with Gasteiger partial charge < -0.3 is 10.5 Å². The second-order valence-electron chi connectivity index (χ2n) is 3.96. The summed E-state index contributed by atoms with van der Waals surface area (Å²) in [7, 11) is 0. The van der Waals surface area contributed by atoms with Crippen molar-refractivity contribution in [3.8, 4) is 11.6 Å². The first kappa shape index (κ1) is 14.6. The normalized spacial score (nSPS) is 11.4. The van der Waals surface area contributed by atoms with Gasteiger partial charge >= 0.3 is 6.18 Å². The molecule has 2 aromatic rings. The summed E-state index contributed by atoms with van der Waals surface area (Å²) >= 11 is 3.28. The van der Waals surface area contributed by atoms with Gasteiger partial charge in [0.2, 0.25) is 11.8 Å². The average molecular weight is 348 g/mol. The van der Waals surface area contributed by atoms with Crippen LogP contribution < -0.4 is 10.5 Å². The summed E-state index contributed by atoms with van der Waals surface area (Å²) in [6, 6.07) is 5.80. The average Bonchev–Trinajstić information content (AvgIpc) is 2.31. The number of aryl methyl sites for hydroxylation is 1. The quantitative estimate of drug-likeness (QED) is 0.893. The van der Waals surface area contributed by atoms with E-state index >= 15 is 0 Å². The first-order valence-corrected chi connectivity index (χ1v) is 6.21. The smallest absolute Gasteiger partial charge is 0.433 e. The minimum absolute atomic E-state index is 0.254. The van der Waals surface area contributed by atoms with Gasteiger partial charge in [0.25, 0.3) is 0 Å². The van der Waals surface area contributed by atoms with Gasteiger partial charge in [0.1, 0.15) is 5.75 Å². The molecule has 0 amide bonds. The highest BCUT2D eigenvalue weighted by atomic mass is 79.9. The lowest BCUT2D eigenvalue weighted by molar-refractivity contribution is -0.141. The van der Waals surface area contributed by atoms with E-state index in [1.165, 1.54) is 0 Å². The predicted octanol–water partition coefficient (Wildman–Crippen LogP) is 3.94. The number of ether oxygens (including phenoxy) is 1. The fourth-order valence-electron chi connectivity index (χ4n) is 1.48. The third kappa shape index (κ3) is 3.38. The molecule has 0 bridgehead atoms. The van der Waals surface area contributed by atoms with Crippen molar-refractivity contribution < 1.29 is 17.9 Å². The SMILES string of the molecule is Cc1cc(Br)ccc1Oc1cc(C(F)(F)F)nc(N)n1. The molecule has 2 rings (SSSR count). The molecular formula is C12H9BrF3N3O. The van der Waals surface area contributed by atoms with Gasteiger partial charge in [-0.1, -0.05) is 15.9 Å². The zero-order valence-corrected chi connectivity index (χ0v) is 11.8. The molecule has 0 spiro atoms. The molecule has 0 saturated carbocycles. The highest BCUT2D eigenvalue weighted by Crippen LogP contribution is 2.32. The summed E-state index contributed by atoms with van der Waals surface area (Å²) in [5, 5.41) is 0. The monoisotopic (exact) mass is 347 g/mol. The molecule has 0 radical (unpaired) electrons. The summed E-state index contributed by atoms with van der Waals surface area (Å²) < 4.78 is 44.0. The molecule has 8 heteroatoms. The molecular weight excluding hydrogens is 339 g/mol. The maximum atomic E-state index is 12.6. The van der Waals surface area contributed by atoms with Crippen LogP contribution in [0.25, 0.3) is 0 Å². The van der Waals surface area contributed by atoms with Gasteiger partial charge in [-0.2, -0.15) is 18.2 Å². The number of nitrogen functional groups attached to an aromatic ring is 1. The standard InChI is InChI=1S/C12H9BrF3N3O/c1-6-4-7(13)2-3-8(6)20-10-5-9(12(14,15)16)18-11(17)19-10/h2-5H,1H3,(H2,17,18,19). The van der Waals surface area contributed by atoms with E-state index in [0.29, 0.717) is 11.8 Å². The molecule has 0 aliphatic heterocycles. The summed E-state index contributed by atoms with van der Waals surface area (Å²) in [6.07, 6.45) is -4.61. The molecule has 4 nitrogen and oxygen atoms in total. The Balaban J connectivity index is 2.36. The minimum atomic E-state index is -4.61. The van der Waals surface area contributed by atoms with Gasteiger partial charge in [0.15, 0.2) is 5.69 Å². The number of hydrogen-bond donors (Lipinski definition) is 1. The van der Waals surface area contributed by atoms with E-state index < -0.39 is 17.8 Å². The number of hydrogen-bond acceptors (Lipinski definition) is 4. The van der Waals surface area contributed by atoms with Crippen LogP contribution in [0.2, 0.25) is 0 Å². The van der Waals surface area contributed by atoms with Crippen LogP contribution >= 0.6 is 15.9 Å². The molecule has 1 aromatic carbocycles. The summed E-state index contributed by atoms with van der Waals surface area (Å²) in [4.78, 5) is 6.78. The van der Waals surface area contributed by atoms with Crippen molar-refractivity contribution in [1.29, 1.82) is 0 Å². The van der Waals surface area contributed by atoms with E-state index in [0.717, 1.165) is 10.0 Å². The fraction of sp³-hybridized carbons (Fsp3) is 0.167. The second-order valence-corrected chi connectivity index (χ2v) is 4.87. The van der Waals surface area contributed by atoms with Crippen molar-refractivity contribution in [3.05, 3.63) is 40.0 Å². The number of nitrogens with two attached hydrogens (primary N) is 1. The summed E-state index contributed by atoms with van der Waals surface area (Å²) in [6.45, 7) is 1.76. The summed E-state index contributed by atoms with van der Waals surface area (Å²) in [5.74, 6) is -0.362. The molecule has 0 saturated heterocycles. The Morgan fingerprint density at radius 3 is 2.50 bits per heavy atom. The lowest BCUT2D eigenvalue weighted by Crippen LogP contribution is -2.11. The van der Waals surface area contributed by atoms with E-state index in [2.05, 4.69) is 25.9 Å². The molecule has 0 aliphatic carbocycles. The lowest BCUT2D eigenvalue weighted by atomic mass is 10.2. The van der Waals surface area contributed by atoms with E-state index in [1.54, 1.807) is 25.1 Å². The van der Waals surface area contributed by atoms with Crippen LogP contribution in [-0.4, -0.2) is 9.97 Å². The van der Waals surface area contributed by atoms with Crippen LogP contribution in [0.3, 0.4) is 0 Å². The number of benzene rings is 1. The zero-order chi connectivity index (χ0) is 14.9. The van der Waals surface area contributed by atoms with Gasteiger partial charge in [-0.15, -0.1) is 0 Å². The molecule has 1 aromatic heterocycles. The number of alkyl halides is 3.